The third-order valence-corrected chi connectivity index (χ3v) is 4.91. The zero-order valence-corrected chi connectivity index (χ0v) is 17.2. The minimum absolute atomic E-state index is 0. The first-order valence-electron chi connectivity index (χ1n) is 8.82. The van der Waals surface area contributed by atoms with Gasteiger partial charge in [0.2, 0.25) is 5.91 Å². The number of benzene rings is 3. The maximum Gasteiger partial charge on any atom is 0.330 e. The molecule has 0 spiro atoms. The highest BCUT2D eigenvalue weighted by Crippen LogP contribution is 2.33. The fourth-order valence-electron chi connectivity index (χ4n) is 2.87. The molecule has 30 heavy (non-hydrogen) atoms. The quantitative estimate of drug-likeness (QED) is 0.499. The van der Waals surface area contributed by atoms with Crippen molar-refractivity contribution in [3.63, 3.8) is 0 Å². The van der Waals surface area contributed by atoms with E-state index in [0.29, 0.717) is 32.5 Å². The van der Waals surface area contributed by atoms with Gasteiger partial charge in [-0.2, -0.15) is 0 Å². The fraction of sp³-hybridized carbons (Fsp3) is 0.0909. The zero-order chi connectivity index (χ0) is 20.8. The van der Waals surface area contributed by atoms with Crippen LogP contribution in [0.5, 0.6) is 0 Å². The predicted molar refractivity (Wildman–Crippen MR) is 118 cm³/mol. The molecule has 0 bridgehead atoms. The number of rotatable bonds is 7. The third-order valence-electron chi connectivity index (χ3n) is 4.28. The molecular weight excluding hydrogens is 427 g/mol. The molecule has 0 aromatic heterocycles. The van der Waals surface area contributed by atoms with E-state index in [0.717, 1.165) is 0 Å². The molecule has 156 valence electrons. The van der Waals surface area contributed by atoms with Gasteiger partial charge >= 0.3 is 5.97 Å². The van der Waals surface area contributed by atoms with Gasteiger partial charge in [0.25, 0.3) is 0 Å². The zero-order valence-electron chi connectivity index (χ0n) is 15.7. The van der Waals surface area contributed by atoms with E-state index in [2.05, 4.69) is 10.6 Å². The number of hydrogen-bond donors (Lipinski definition) is 3. The average Bonchev–Trinajstić information content (AvgIpc) is 2.70. The van der Waals surface area contributed by atoms with Gasteiger partial charge in [0.05, 0.1) is 22.2 Å². The molecule has 0 unspecified atom stereocenters. The summed E-state index contributed by atoms with van der Waals surface area (Å²) in [5, 5.41) is 16.1. The highest BCUT2D eigenvalue weighted by molar-refractivity contribution is 6.39. The van der Waals surface area contributed by atoms with Gasteiger partial charge in [0.1, 0.15) is 0 Å². The van der Waals surface area contributed by atoms with Crippen molar-refractivity contribution in [2.75, 3.05) is 5.32 Å². The van der Waals surface area contributed by atoms with Gasteiger partial charge in [-0.25, -0.2) is 4.79 Å². The van der Waals surface area contributed by atoms with E-state index in [4.69, 9.17) is 23.2 Å². The molecular formula is C22H20Cl2N2O4. The second kappa shape index (κ2) is 10.6. The first-order valence-corrected chi connectivity index (χ1v) is 9.57. The number of amides is 1. The SMILES string of the molecule is O.O=C(Cc1ccccc1Nc1c(Cl)cccc1Cl)N[C@@H](C(=O)O)c1ccccc1. The Morgan fingerprint density at radius 2 is 1.47 bits per heavy atom. The molecule has 3 rings (SSSR count). The molecule has 0 aliphatic rings. The van der Waals surface area contributed by atoms with Crippen LogP contribution >= 0.6 is 23.2 Å². The van der Waals surface area contributed by atoms with Gasteiger partial charge in [-0.3, -0.25) is 4.79 Å². The lowest BCUT2D eigenvalue weighted by Crippen LogP contribution is -2.34. The van der Waals surface area contributed by atoms with Crippen molar-refractivity contribution in [1.82, 2.24) is 5.32 Å². The molecule has 3 aromatic carbocycles. The highest BCUT2D eigenvalue weighted by Gasteiger charge is 2.22. The molecule has 1 atom stereocenters. The van der Waals surface area contributed by atoms with E-state index in [1.54, 1.807) is 66.7 Å². The monoisotopic (exact) mass is 446 g/mol. The summed E-state index contributed by atoms with van der Waals surface area (Å²) in [4.78, 5) is 24.2. The molecule has 0 aliphatic heterocycles. The van der Waals surface area contributed by atoms with Crippen LogP contribution in [0.1, 0.15) is 17.2 Å². The summed E-state index contributed by atoms with van der Waals surface area (Å²) in [5.41, 5.74) is 2.38. The standard InChI is InChI=1S/C22H18Cl2N2O3.H2O/c23-16-10-6-11-17(24)21(16)25-18-12-5-4-9-15(18)13-19(27)26-20(22(28)29)14-7-2-1-3-8-14;/h1-12,20,25H,13H2,(H,26,27)(H,28,29);1H2/t20-;/m1./s1. The number of halogens is 2. The predicted octanol–water partition coefficient (Wildman–Crippen LogP) is 4.40. The largest absolute Gasteiger partial charge is 0.479 e. The Labute approximate surface area is 183 Å². The number of para-hydroxylation sites is 2. The molecule has 5 N–H and O–H groups in total. The smallest absolute Gasteiger partial charge is 0.330 e. The third kappa shape index (κ3) is 5.73. The number of nitrogens with one attached hydrogen (secondary N) is 2. The van der Waals surface area contributed by atoms with Crippen LogP contribution in [0.25, 0.3) is 0 Å². The van der Waals surface area contributed by atoms with Crippen molar-refractivity contribution >= 4 is 46.5 Å². The van der Waals surface area contributed by atoms with Gasteiger partial charge in [0, 0.05) is 5.69 Å². The van der Waals surface area contributed by atoms with E-state index in [1.807, 2.05) is 6.07 Å². The minimum atomic E-state index is -1.13. The molecule has 3 aromatic rings. The number of hydrogen-bond acceptors (Lipinski definition) is 3. The number of carbonyl (C=O) groups is 2. The van der Waals surface area contributed by atoms with Crippen molar-refractivity contribution in [3.05, 3.63) is 94.0 Å². The summed E-state index contributed by atoms with van der Waals surface area (Å²) in [5.74, 6) is -1.54. The van der Waals surface area contributed by atoms with Crippen LogP contribution < -0.4 is 10.6 Å². The average molecular weight is 447 g/mol. The Hall–Kier alpha value is -3.06. The lowest BCUT2D eigenvalue weighted by atomic mass is 10.1. The number of anilines is 2. The van der Waals surface area contributed by atoms with Crippen LogP contribution in [0, 0.1) is 0 Å². The topological polar surface area (TPSA) is 110 Å². The number of aliphatic carboxylic acids is 1. The first kappa shape index (κ1) is 23.2. The molecule has 8 heteroatoms. The fourth-order valence-corrected chi connectivity index (χ4v) is 3.36. The molecule has 1 amide bonds. The molecule has 0 fully saturated rings. The summed E-state index contributed by atoms with van der Waals surface area (Å²) in [7, 11) is 0. The minimum Gasteiger partial charge on any atom is -0.479 e. The van der Waals surface area contributed by atoms with Crippen LogP contribution in [0.15, 0.2) is 72.8 Å². The van der Waals surface area contributed by atoms with Crippen LogP contribution in [0.4, 0.5) is 11.4 Å². The molecule has 6 nitrogen and oxygen atoms in total. The molecule has 0 radical (unpaired) electrons. The van der Waals surface area contributed by atoms with Gasteiger partial charge < -0.3 is 21.2 Å². The lowest BCUT2D eigenvalue weighted by molar-refractivity contribution is -0.141. The van der Waals surface area contributed by atoms with Gasteiger partial charge in [-0.05, 0) is 29.3 Å². The normalized spacial score (nSPS) is 11.1. The molecule has 0 saturated heterocycles. The summed E-state index contributed by atoms with van der Waals surface area (Å²) in [6.45, 7) is 0. The second-order valence-corrected chi connectivity index (χ2v) is 7.12. The van der Waals surface area contributed by atoms with E-state index >= 15 is 0 Å². The van der Waals surface area contributed by atoms with Crippen LogP contribution in [-0.2, 0) is 16.0 Å². The van der Waals surface area contributed by atoms with E-state index in [1.165, 1.54) is 0 Å². The highest BCUT2D eigenvalue weighted by atomic mass is 35.5. The first-order chi connectivity index (χ1) is 14.0. The van der Waals surface area contributed by atoms with Crippen molar-refractivity contribution < 1.29 is 20.2 Å². The maximum atomic E-state index is 12.6. The van der Waals surface area contributed by atoms with Gasteiger partial charge in [-0.1, -0.05) is 77.8 Å². The Bertz CT molecular complexity index is 1010. The summed E-state index contributed by atoms with van der Waals surface area (Å²) < 4.78 is 0. The number of carboxylic acids is 1. The van der Waals surface area contributed by atoms with E-state index < -0.39 is 17.9 Å². The molecule has 0 aliphatic carbocycles. The number of carbonyl (C=O) groups excluding carboxylic acids is 1. The Morgan fingerprint density at radius 3 is 2.10 bits per heavy atom. The van der Waals surface area contributed by atoms with Crippen molar-refractivity contribution in [3.8, 4) is 0 Å². The van der Waals surface area contributed by atoms with Crippen molar-refractivity contribution in [2.45, 2.75) is 12.5 Å². The van der Waals surface area contributed by atoms with Gasteiger partial charge in [0.15, 0.2) is 6.04 Å². The molecule has 0 heterocycles. The van der Waals surface area contributed by atoms with Crippen LogP contribution in [0.3, 0.4) is 0 Å². The van der Waals surface area contributed by atoms with E-state index in [9.17, 15) is 14.7 Å². The van der Waals surface area contributed by atoms with Crippen molar-refractivity contribution in [2.24, 2.45) is 0 Å². The Balaban J connectivity index is 0.00000320. The lowest BCUT2D eigenvalue weighted by Gasteiger charge is -2.17. The van der Waals surface area contributed by atoms with Gasteiger partial charge in [-0.15, -0.1) is 0 Å². The summed E-state index contributed by atoms with van der Waals surface area (Å²) >= 11 is 12.4. The van der Waals surface area contributed by atoms with Crippen LogP contribution in [-0.4, -0.2) is 22.5 Å². The van der Waals surface area contributed by atoms with E-state index in [-0.39, 0.29) is 11.9 Å². The Morgan fingerprint density at radius 1 is 0.867 bits per heavy atom. The van der Waals surface area contributed by atoms with Crippen LogP contribution in [0.2, 0.25) is 10.0 Å². The molecule has 0 saturated carbocycles. The second-order valence-electron chi connectivity index (χ2n) is 6.31. The van der Waals surface area contributed by atoms with Crippen molar-refractivity contribution in [1.29, 1.82) is 0 Å². The number of carboxylic acid groups (broad SMARTS) is 1. The maximum absolute atomic E-state index is 12.6. The summed E-state index contributed by atoms with van der Waals surface area (Å²) in [6.07, 6.45) is -0.0120. The summed E-state index contributed by atoms with van der Waals surface area (Å²) in [6, 6.07) is 19.8. The Kier molecular flexibility index (Phi) is 8.24.